The Morgan fingerprint density at radius 1 is 1.21 bits per heavy atom. The summed E-state index contributed by atoms with van der Waals surface area (Å²) in [5, 5.41) is 3.04. The van der Waals surface area contributed by atoms with Crippen molar-refractivity contribution in [3.63, 3.8) is 0 Å². The molecule has 7 nitrogen and oxygen atoms in total. The van der Waals surface area contributed by atoms with E-state index in [-0.39, 0.29) is 23.5 Å². The van der Waals surface area contributed by atoms with E-state index in [0.29, 0.717) is 31.6 Å². The molecule has 1 atom stereocenters. The number of hydrogen-bond donors (Lipinski definition) is 1. The molecule has 0 aromatic carbocycles. The first-order valence-electron chi connectivity index (χ1n) is 10.9. The van der Waals surface area contributed by atoms with Crippen molar-refractivity contribution in [3.05, 3.63) is 30.1 Å². The van der Waals surface area contributed by atoms with E-state index in [0.717, 1.165) is 45.3 Å². The predicted molar refractivity (Wildman–Crippen MR) is 112 cm³/mol. The van der Waals surface area contributed by atoms with E-state index in [9.17, 15) is 9.59 Å². The largest absolute Gasteiger partial charge is 0.370 e. The highest BCUT2D eigenvalue weighted by atomic mass is 16.5. The first kappa shape index (κ1) is 21.7. The van der Waals surface area contributed by atoms with Crippen LogP contribution < -0.4 is 5.32 Å². The van der Waals surface area contributed by atoms with Crippen molar-refractivity contribution in [2.75, 3.05) is 39.3 Å². The number of rotatable bonds is 8. The molecule has 2 saturated heterocycles. The van der Waals surface area contributed by atoms with Gasteiger partial charge in [0.15, 0.2) is 0 Å². The van der Waals surface area contributed by atoms with E-state index in [1.165, 1.54) is 0 Å². The Bertz CT molecular complexity index is 670. The van der Waals surface area contributed by atoms with Gasteiger partial charge in [0, 0.05) is 50.6 Å². The number of hydrogen-bond acceptors (Lipinski definition) is 5. The molecule has 1 aromatic rings. The molecule has 1 aromatic heterocycles. The standard InChI is InChI=1S/C22H34N4O3/c1-3-25(4-2)14-8-20(27)24-17-19-5-9-22(29-19)10-15-26(16-11-22)21(28)18-6-12-23-13-7-18/h6-7,12-13,19H,3-5,8-11,14-17H2,1-2H3,(H,24,27). The molecule has 1 spiro atoms. The van der Waals surface area contributed by atoms with Crippen LogP contribution in [0.25, 0.3) is 0 Å². The quantitative estimate of drug-likeness (QED) is 0.721. The first-order valence-corrected chi connectivity index (χ1v) is 10.9. The fourth-order valence-corrected chi connectivity index (χ4v) is 4.32. The van der Waals surface area contributed by atoms with Crippen molar-refractivity contribution < 1.29 is 14.3 Å². The Hall–Kier alpha value is -1.99. The lowest BCUT2D eigenvalue weighted by atomic mass is 9.88. The number of piperidine rings is 1. The van der Waals surface area contributed by atoms with Crippen LogP contribution in [0.5, 0.6) is 0 Å². The van der Waals surface area contributed by atoms with E-state index >= 15 is 0 Å². The lowest BCUT2D eigenvalue weighted by molar-refractivity contribution is -0.123. The fourth-order valence-electron chi connectivity index (χ4n) is 4.32. The van der Waals surface area contributed by atoms with Crippen LogP contribution in [0.4, 0.5) is 0 Å². The molecule has 29 heavy (non-hydrogen) atoms. The average Bonchev–Trinajstić information content (AvgIpc) is 3.16. The Morgan fingerprint density at radius 3 is 2.55 bits per heavy atom. The predicted octanol–water partition coefficient (Wildman–Crippen LogP) is 2.08. The van der Waals surface area contributed by atoms with E-state index in [2.05, 4.69) is 29.0 Å². The average molecular weight is 403 g/mol. The summed E-state index contributed by atoms with van der Waals surface area (Å²) >= 11 is 0. The zero-order chi connectivity index (χ0) is 20.7. The summed E-state index contributed by atoms with van der Waals surface area (Å²) in [6.07, 6.45) is 7.60. The summed E-state index contributed by atoms with van der Waals surface area (Å²) in [5.74, 6) is 0.163. The SMILES string of the molecule is CCN(CC)CCC(=O)NCC1CCC2(CCN(C(=O)c3ccncc3)CC2)O1. The van der Waals surface area contributed by atoms with E-state index < -0.39 is 0 Å². The van der Waals surface area contributed by atoms with Gasteiger partial charge in [-0.25, -0.2) is 0 Å². The van der Waals surface area contributed by atoms with Crippen molar-refractivity contribution in [2.45, 2.75) is 57.7 Å². The normalized spacial score (nSPS) is 20.9. The van der Waals surface area contributed by atoms with E-state index in [1.54, 1.807) is 24.5 Å². The van der Waals surface area contributed by atoms with E-state index in [4.69, 9.17) is 4.74 Å². The van der Waals surface area contributed by atoms with Gasteiger partial charge in [-0.2, -0.15) is 0 Å². The molecule has 2 aliphatic rings. The lowest BCUT2D eigenvalue weighted by Crippen LogP contribution is -2.47. The second-order valence-corrected chi connectivity index (χ2v) is 8.07. The number of nitrogens with zero attached hydrogens (tertiary/aromatic N) is 3. The van der Waals surface area contributed by atoms with Crippen molar-refractivity contribution in [1.82, 2.24) is 20.1 Å². The van der Waals surface area contributed by atoms with Crippen LogP contribution in [0.3, 0.4) is 0 Å². The van der Waals surface area contributed by atoms with Gasteiger partial charge in [0.05, 0.1) is 11.7 Å². The van der Waals surface area contributed by atoms with Gasteiger partial charge in [-0.05, 0) is 50.9 Å². The molecule has 160 valence electrons. The Balaban J connectivity index is 1.39. The molecule has 0 aliphatic carbocycles. The minimum atomic E-state index is -0.133. The van der Waals surface area contributed by atoms with Crippen molar-refractivity contribution >= 4 is 11.8 Å². The van der Waals surface area contributed by atoms with Crippen molar-refractivity contribution in [2.24, 2.45) is 0 Å². The van der Waals surface area contributed by atoms with E-state index in [1.807, 2.05) is 4.90 Å². The molecule has 2 amide bonds. The number of aromatic nitrogens is 1. The van der Waals surface area contributed by atoms with Crippen LogP contribution in [0.15, 0.2) is 24.5 Å². The van der Waals surface area contributed by atoms with Gasteiger partial charge in [-0.15, -0.1) is 0 Å². The molecule has 1 unspecified atom stereocenters. The fraction of sp³-hybridized carbons (Fsp3) is 0.682. The summed E-state index contributed by atoms with van der Waals surface area (Å²) in [6.45, 7) is 8.98. The maximum absolute atomic E-state index is 12.6. The highest BCUT2D eigenvalue weighted by molar-refractivity contribution is 5.94. The van der Waals surface area contributed by atoms with Gasteiger partial charge in [-0.3, -0.25) is 14.6 Å². The molecular weight excluding hydrogens is 368 g/mol. The Labute approximate surface area is 173 Å². The Kier molecular flexibility index (Phi) is 7.61. The number of amides is 2. The van der Waals surface area contributed by atoms with Gasteiger partial charge < -0.3 is 19.9 Å². The summed E-state index contributed by atoms with van der Waals surface area (Å²) in [6, 6.07) is 3.52. The maximum Gasteiger partial charge on any atom is 0.253 e. The second-order valence-electron chi connectivity index (χ2n) is 8.07. The first-order chi connectivity index (χ1) is 14.0. The lowest BCUT2D eigenvalue weighted by Gasteiger charge is -2.39. The molecule has 7 heteroatoms. The minimum Gasteiger partial charge on any atom is -0.370 e. The van der Waals surface area contributed by atoms with Crippen molar-refractivity contribution in [3.8, 4) is 0 Å². The summed E-state index contributed by atoms with van der Waals surface area (Å²) in [4.78, 5) is 32.9. The molecule has 2 aliphatic heterocycles. The smallest absolute Gasteiger partial charge is 0.253 e. The van der Waals surface area contributed by atoms with Crippen LogP contribution in [-0.4, -0.2) is 77.6 Å². The second kappa shape index (κ2) is 10.2. The molecule has 3 heterocycles. The third kappa shape index (κ3) is 5.76. The zero-order valence-electron chi connectivity index (χ0n) is 17.7. The summed E-state index contributed by atoms with van der Waals surface area (Å²) in [5.41, 5.74) is 0.555. The number of pyridine rings is 1. The Morgan fingerprint density at radius 2 is 1.90 bits per heavy atom. The molecule has 0 radical (unpaired) electrons. The van der Waals surface area contributed by atoms with Gasteiger partial charge in [0.2, 0.25) is 5.91 Å². The van der Waals surface area contributed by atoms with Gasteiger partial charge >= 0.3 is 0 Å². The van der Waals surface area contributed by atoms with Gasteiger partial charge in [0.25, 0.3) is 5.91 Å². The number of ether oxygens (including phenoxy) is 1. The highest BCUT2D eigenvalue weighted by Crippen LogP contribution is 2.39. The third-order valence-electron chi connectivity index (χ3n) is 6.30. The van der Waals surface area contributed by atoms with Crippen LogP contribution in [-0.2, 0) is 9.53 Å². The van der Waals surface area contributed by atoms with Crippen LogP contribution in [0, 0.1) is 0 Å². The molecular formula is C22H34N4O3. The van der Waals surface area contributed by atoms with Crippen molar-refractivity contribution in [1.29, 1.82) is 0 Å². The summed E-state index contributed by atoms with van der Waals surface area (Å²) < 4.78 is 6.37. The minimum absolute atomic E-state index is 0.0669. The number of carbonyl (C=O) groups excluding carboxylic acids is 2. The van der Waals surface area contributed by atoms with Crippen LogP contribution in [0.2, 0.25) is 0 Å². The van der Waals surface area contributed by atoms with Gasteiger partial charge in [-0.1, -0.05) is 13.8 Å². The molecule has 0 saturated carbocycles. The molecule has 1 N–H and O–H groups in total. The van der Waals surface area contributed by atoms with Gasteiger partial charge in [0.1, 0.15) is 0 Å². The monoisotopic (exact) mass is 402 g/mol. The number of nitrogens with one attached hydrogen (secondary N) is 1. The topological polar surface area (TPSA) is 74.8 Å². The number of carbonyl (C=O) groups is 2. The zero-order valence-corrected chi connectivity index (χ0v) is 17.7. The molecule has 0 bridgehead atoms. The number of likely N-dealkylation sites (tertiary alicyclic amines) is 1. The summed E-state index contributed by atoms with van der Waals surface area (Å²) in [7, 11) is 0. The van der Waals surface area contributed by atoms with Crippen LogP contribution in [0.1, 0.15) is 56.3 Å². The van der Waals surface area contributed by atoms with Crippen LogP contribution >= 0.6 is 0 Å². The molecule has 3 rings (SSSR count). The molecule has 2 fully saturated rings. The third-order valence-corrected chi connectivity index (χ3v) is 6.30. The highest BCUT2D eigenvalue weighted by Gasteiger charge is 2.43. The maximum atomic E-state index is 12.6.